The first kappa shape index (κ1) is 13.9. The molecule has 5 heteroatoms. The number of halogens is 1. The molecule has 0 saturated heterocycles. The molecule has 1 N–H and O–H groups in total. The fraction of sp³-hybridized carbons (Fsp3) is 0.133. The monoisotopic (exact) mass is 271 g/mol. The molecule has 0 spiro atoms. The zero-order valence-corrected chi connectivity index (χ0v) is 11.0. The van der Waals surface area contributed by atoms with Gasteiger partial charge in [-0.2, -0.15) is 5.10 Å². The van der Waals surface area contributed by atoms with Crippen molar-refractivity contribution in [1.82, 2.24) is 10.4 Å². The second-order valence-electron chi connectivity index (χ2n) is 4.28. The molecule has 102 valence electrons. The van der Waals surface area contributed by atoms with E-state index >= 15 is 0 Å². The van der Waals surface area contributed by atoms with E-state index < -0.39 is 0 Å². The van der Waals surface area contributed by atoms with Gasteiger partial charge in [-0.25, -0.2) is 9.82 Å². The fourth-order valence-electron chi connectivity index (χ4n) is 1.61. The minimum atomic E-state index is -0.320. The van der Waals surface area contributed by atoms with Gasteiger partial charge in [0, 0.05) is 18.0 Å². The van der Waals surface area contributed by atoms with Crippen LogP contribution >= 0.6 is 0 Å². The summed E-state index contributed by atoms with van der Waals surface area (Å²) in [6.45, 7) is 1.79. The maximum absolute atomic E-state index is 12.7. The van der Waals surface area contributed by atoms with Crippen LogP contribution in [0.25, 0.3) is 0 Å². The highest BCUT2D eigenvalue weighted by atomic mass is 19.1. The highest BCUT2D eigenvalue weighted by Gasteiger charge is 2.03. The van der Waals surface area contributed by atoms with E-state index in [1.807, 2.05) is 6.07 Å². The SMILES string of the molecule is C/C(=N\NC(=O)Cc1ccc(F)cc1)c1cccnc1. The number of hydrogen-bond donors (Lipinski definition) is 1. The van der Waals surface area contributed by atoms with Crippen LogP contribution in [-0.2, 0) is 11.2 Å². The molecule has 0 fully saturated rings. The van der Waals surface area contributed by atoms with Crippen LogP contribution in [0.1, 0.15) is 18.1 Å². The van der Waals surface area contributed by atoms with Crippen LogP contribution in [0.15, 0.2) is 53.9 Å². The van der Waals surface area contributed by atoms with E-state index in [1.165, 1.54) is 12.1 Å². The Kier molecular flexibility index (Phi) is 4.55. The van der Waals surface area contributed by atoms with Gasteiger partial charge < -0.3 is 0 Å². The van der Waals surface area contributed by atoms with Gasteiger partial charge in [0.25, 0.3) is 0 Å². The second-order valence-corrected chi connectivity index (χ2v) is 4.28. The normalized spacial score (nSPS) is 11.2. The maximum atomic E-state index is 12.7. The molecular formula is C15H14FN3O. The summed E-state index contributed by atoms with van der Waals surface area (Å²) in [4.78, 5) is 15.7. The van der Waals surface area contributed by atoms with Crippen molar-refractivity contribution >= 4 is 11.6 Å². The Balaban J connectivity index is 1.93. The third-order valence-electron chi connectivity index (χ3n) is 2.71. The van der Waals surface area contributed by atoms with Crippen molar-refractivity contribution < 1.29 is 9.18 Å². The molecular weight excluding hydrogens is 257 g/mol. The van der Waals surface area contributed by atoms with Gasteiger partial charge in [-0.1, -0.05) is 18.2 Å². The molecule has 2 aromatic rings. The third kappa shape index (κ3) is 3.98. The van der Waals surface area contributed by atoms with Crippen LogP contribution in [0, 0.1) is 5.82 Å². The highest BCUT2D eigenvalue weighted by molar-refractivity contribution is 5.98. The Morgan fingerprint density at radius 2 is 2.05 bits per heavy atom. The summed E-state index contributed by atoms with van der Waals surface area (Å²) >= 11 is 0. The first-order valence-corrected chi connectivity index (χ1v) is 6.13. The van der Waals surface area contributed by atoms with Crippen LogP contribution in [0.2, 0.25) is 0 Å². The molecule has 0 bridgehead atoms. The number of pyridine rings is 1. The number of rotatable bonds is 4. The Hall–Kier alpha value is -2.56. The zero-order valence-electron chi connectivity index (χ0n) is 11.0. The molecule has 1 amide bonds. The van der Waals surface area contributed by atoms with E-state index in [-0.39, 0.29) is 18.1 Å². The predicted octanol–water partition coefficient (Wildman–Crippen LogP) is 2.30. The topological polar surface area (TPSA) is 54.4 Å². The van der Waals surface area contributed by atoms with Gasteiger partial charge in [-0.15, -0.1) is 0 Å². The fourth-order valence-corrected chi connectivity index (χ4v) is 1.61. The average Bonchev–Trinajstić information content (AvgIpc) is 2.48. The molecule has 0 aliphatic carbocycles. The van der Waals surface area contributed by atoms with Gasteiger partial charge in [0.2, 0.25) is 5.91 Å². The number of nitrogens with zero attached hydrogens (tertiary/aromatic N) is 2. The second kappa shape index (κ2) is 6.56. The van der Waals surface area contributed by atoms with Crippen molar-refractivity contribution in [1.29, 1.82) is 0 Å². The Morgan fingerprint density at radius 1 is 1.30 bits per heavy atom. The van der Waals surface area contributed by atoms with Crippen molar-refractivity contribution in [2.75, 3.05) is 0 Å². The molecule has 1 heterocycles. The van der Waals surface area contributed by atoms with Crippen molar-refractivity contribution in [3.63, 3.8) is 0 Å². The number of amides is 1. The lowest BCUT2D eigenvalue weighted by Gasteiger charge is -2.03. The number of carbonyl (C=O) groups excluding carboxylic acids is 1. The summed E-state index contributed by atoms with van der Waals surface area (Å²) in [5, 5.41) is 4.01. The van der Waals surface area contributed by atoms with Gasteiger partial charge in [0.05, 0.1) is 12.1 Å². The highest BCUT2D eigenvalue weighted by Crippen LogP contribution is 2.03. The van der Waals surface area contributed by atoms with E-state index in [4.69, 9.17) is 0 Å². The van der Waals surface area contributed by atoms with Crippen molar-refractivity contribution in [2.24, 2.45) is 5.10 Å². The largest absolute Gasteiger partial charge is 0.273 e. The number of nitrogens with one attached hydrogen (secondary N) is 1. The standard InChI is InChI=1S/C15H14FN3O/c1-11(13-3-2-8-17-10-13)18-19-15(20)9-12-4-6-14(16)7-5-12/h2-8,10H,9H2,1H3,(H,19,20)/b18-11+. The average molecular weight is 271 g/mol. The molecule has 0 aliphatic heterocycles. The van der Waals surface area contributed by atoms with E-state index in [0.717, 1.165) is 11.1 Å². The number of carbonyl (C=O) groups is 1. The van der Waals surface area contributed by atoms with Crippen LogP contribution in [0.3, 0.4) is 0 Å². The Morgan fingerprint density at radius 3 is 2.70 bits per heavy atom. The molecule has 0 atom stereocenters. The van der Waals surface area contributed by atoms with Gasteiger partial charge >= 0.3 is 0 Å². The minimum Gasteiger partial charge on any atom is -0.273 e. The first-order chi connectivity index (χ1) is 9.65. The summed E-state index contributed by atoms with van der Waals surface area (Å²) in [5.74, 6) is -0.570. The van der Waals surface area contributed by atoms with Crippen LogP contribution in [0.4, 0.5) is 4.39 Å². The maximum Gasteiger partial charge on any atom is 0.244 e. The van der Waals surface area contributed by atoms with E-state index in [1.54, 1.807) is 37.5 Å². The van der Waals surface area contributed by atoms with Gasteiger partial charge in [0.15, 0.2) is 0 Å². The van der Waals surface area contributed by atoms with E-state index in [2.05, 4.69) is 15.5 Å². The smallest absolute Gasteiger partial charge is 0.244 e. The molecule has 0 unspecified atom stereocenters. The van der Waals surface area contributed by atoms with Crippen molar-refractivity contribution in [3.05, 3.63) is 65.7 Å². The van der Waals surface area contributed by atoms with Crippen LogP contribution in [-0.4, -0.2) is 16.6 Å². The molecule has 4 nitrogen and oxygen atoms in total. The van der Waals surface area contributed by atoms with E-state index in [9.17, 15) is 9.18 Å². The molecule has 0 aliphatic rings. The van der Waals surface area contributed by atoms with Crippen molar-refractivity contribution in [3.8, 4) is 0 Å². The lowest BCUT2D eigenvalue weighted by molar-refractivity contribution is -0.120. The quantitative estimate of drug-likeness (QED) is 0.685. The summed E-state index contributed by atoms with van der Waals surface area (Å²) in [6, 6.07) is 9.46. The molecule has 20 heavy (non-hydrogen) atoms. The molecule has 0 saturated carbocycles. The molecule has 1 aromatic heterocycles. The van der Waals surface area contributed by atoms with Gasteiger partial charge in [-0.05, 0) is 30.7 Å². The van der Waals surface area contributed by atoms with Gasteiger partial charge in [0.1, 0.15) is 5.82 Å². The number of aromatic nitrogens is 1. The lowest BCUT2D eigenvalue weighted by atomic mass is 10.1. The van der Waals surface area contributed by atoms with Crippen LogP contribution < -0.4 is 5.43 Å². The van der Waals surface area contributed by atoms with Crippen molar-refractivity contribution in [2.45, 2.75) is 13.3 Å². The molecule has 1 aromatic carbocycles. The van der Waals surface area contributed by atoms with Crippen LogP contribution in [0.5, 0.6) is 0 Å². The lowest BCUT2D eigenvalue weighted by Crippen LogP contribution is -2.21. The first-order valence-electron chi connectivity index (χ1n) is 6.13. The summed E-state index contributed by atoms with van der Waals surface area (Å²) < 4.78 is 12.7. The van der Waals surface area contributed by atoms with E-state index in [0.29, 0.717) is 5.71 Å². The Labute approximate surface area is 116 Å². The summed E-state index contributed by atoms with van der Waals surface area (Å²) in [6.07, 6.45) is 3.50. The molecule has 0 radical (unpaired) electrons. The molecule has 2 rings (SSSR count). The number of benzene rings is 1. The minimum absolute atomic E-state index is 0.157. The summed E-state index contributed by atoms with van der Waals surface area (Å²) in [7, 11) is 0. The zero-order chi connectivity index (χ0) is 14.4. The summed E-state index contributed by atoms with van der Waals surface area (Å²) in [5.41, 5.74) is 4.72. The Bertz CT molecular complexity index is 609. The van der Waals surface area contributed by atoms with Gasteiger partial charge in [-0.3, -0.25) is 9.78 Å². The third-order valence-corrected chi connectivity index (χ3v) is 2.71. The predicted molar refractivity (Wildman–Crippen MR) is 74.7 cm³/mol. The number of hydrazone groups is 1. The number of hydrogen-bond acceptors (Lipinski definition) is 3.